The molecule has 0 spiro atoms. The second kappa shape index (κ2) is 8.11. The van der Waals surface area contributed by atoms with Crippen LogP contribution in [0.1, 0.15) is 12.0 Å². The number of carbonyl (C=O) groups excluding carboxylic acids is 1. The molecule has 1 atom stereocenters. The Bertz CT molecular complexity index is 691. The van der Waals surface area contributed by atoms with Gasteiger partial charge in [0.1, 0.15) is 5.75 Å². The average molecular weight is 373 g/mol. The molecule has 1 N–H and O–H groups in total. The van der Waals surface area contributed by atoms with E-state index in [4.69, 9.17) is 4.74 Å². The van der Waals surface area contributed by atoms with Gasteiger partial charge in [-0.25, -0.2) is 13.2 Å². The first-order valence-electron chi connectivity index (χ1n) is 7.75. The van der Waals surface area contributed by atoms with E-state index < -0.39 is 9.84 Å². The Morgan fingerprint density at radius 3 is 2.79 bits per heavy atom. The highest BCUT2D eigenvalue weighted by molar-refractivity contribution is 7.98. The van der Waals surface area contributed by atoms with Crippen molar-refractivity contribution in [2.45, 2.75) is 17.9 Å². The van der Waals surface area contributed by atoms with Crippen LogP contribution in [-0.2, 0) is 16.4 Å². The summed E-state index contributed by atoms with van der Waals surface area (Å²) in [5.74, 6) is 1.22. The minimum Gasteiger partial charge on any atom is -0.496 e. The molecule has 1 aliphatic rings. The number of benzene rings is 1. The van der Waals surface area contributed by atoms with Gasteiger partial charge in [0.15, 0.2) is 9.84 Å². The number of carbonyl (C=O) groups is 1. The first-order valence-corrected chi connectivity index (χ1v) is 10.8. The number of thioether (sulfide) groups is 1. The molecule has 2 amide bonds. The van der Waals surface area contributed by atoms with Gasteiger partial charge in [0.25, 0.3) is 0 Å². The summed E-state index contributed by atoms with van der Waals surface area (Å²) in [5, 5.41) is 2.82. The Hall–Kier alpha value is -1.41. The van der Waals surface area contributed by atoms with Crippen molar-refractivity contribution in [3.8, 4) is 5.75 Å². The zero-order chi connectivity index (χ0) is 17.7. The summed E-state index contributed by atoms with van der Waals surface area (Å²) in [6.45, 7) is 0.858. The van der Waals surface area contributed by atoms with E-state index >= 15 is 0 Å². The molecule has 8 heteroatoms. The maximum atomic E-state index is 12.2. The molecule has 6 nitrogen and oxygen atoms in total. The lowest BCUT2D eigenvalue weighted by atomic mass is 10.1. The topological polar surface area (TPSA) is 75.7 Å². The summed E-state index contributed by atoms with van der Waals surface area (Å²) < 4.78 is 28.2. The monoisotopic (exact) mass is 372 g/mol. The molecule has 1 saturated heterocycles. The van der Waals surface area contributed by atoms with Gasteiger partial charge in [0.2, 0.25) is 0 Å². The van der Waals surface area contributed by atoms with Crippen LogP contribution in [0, 0.1) is 5.92 Å². The number of nitrogens with zero attached hydrogens (tertiary/aromatic N) is 1. The van der Waals surface area contributed by atoms with Crippen LogP contribution in [-0.4, -0.2) is 57.8 Å². The van der Waals surface area contributed by atoms with Crippen molar-refractivity contribution < 1.29 is 17.9 Å². The molecule has 0 radical (unpaired) electrons. The Morgan fingerprint density at radius 2 is 2.21 bits per heavy atom. The van der Waals surface area contributed by atoms with Crippen molar-refractivity contribution in [1.29, 1.82) is 0 Å². The summed E-state index contributed by atoms with van der Waals surface area (Å²) in [6.07, 6.45) is 2.61. The SMILES string of the molecule is COc1cc(CN(C)C(=O)NC[C@H]2CCS(=O)(=O)C2)ccc1SC. The van der Waals surface area contributed by atoms with Crippen molar-refractivity contribution in [2.75, 3.05) is 38.5 Å². The molecule has 1 aliphatic heterocycles. The fourth-order valence-electron chi connectivity index (χ4n) is 2.72. The van der Waals surface area contributed by atoms with Crippen molar-refractivity contribution in [1.82, 2.24) is 10.2 Å². The van der Waals surface area contributed by atoms with Gasteiger partial charge in [0, 0.05) is 25.0 Å². The van der Waals surface area contributed by atoms with Crippen molar-refractivity contribution in [3.05, 3.63) is 23.8 Å². The Kier molecular flexibility index (Phi) is 6.40. The van der Waals surface area contributed by atoms with Crippen LogP contribution in [0.15, 0.2) is 23.1 Å². The first-order chi connectivity index (χ1) is 11.3. The van der Waals surface area contributed by atoms with Crippen LogP contribution < -0.4 is 10.1 Å². The second-order valence-corrected chi connectivity index (χ2v) is 9.08. The second-order valence-electron chi connectivity index (χ2n) is 6.00. The van der Waals surface area contributed by atoms with Crippen molar-refractivity contribution in [2.24, 2.45) is 5.92 Å². The third-order valence-corrected chi connectivity index (χ3v) is 6.70. The van der Waals surface area contributed by atoms with Gasteiger partial charge in [-0.3, -0.25) is 0 Å². The lowest BCUT2D eigenvalue weighted by molar-refractivity contribution is 0.205. The molecule has 1 aromatic carbocycles. The lowest BCUT2D eigenvalue weighted by Gasteiger charge is -2.20. The molecule has 0 aromatic heterocycles. The van der Waals surface area contributed by atoms with Crippen LogP contribution in [0.5, 0.6) is 5.75 Å². The smallest absolute Gasteiger partial charge is 0.317 e. The highest BCUT2D eigenvalue weighted by Crippen LogP contribution is 2.28. The Morgan fingerprint density at radius 1 is 1.46 bits per heavy atom. The average Bonchev–Trinajstić information content (AvgIpc) is 2.91. The molecule has 134 valence electrons. The minimum absolute atomic E-state index is 0.0216. The molecular weight excluding hydrogens is 348 g/mol. The number of hydrogen-bond acceptors (Lipinski definition) is 5. The molecule has 24 heavy (non-hydrogen) atoms. The third kappa shape index (κ3) is 5.04. The molecule has 0 aliphatic carbocycles. The Balaban J connectivity index is 1.87. The normalized spacial score (nSPS) is 19.0. The molecule has 2 rings (SSSR count). The number of methoxy groups -OCH3 is 1. The summed E-state index contributed by atoms with van der Waals surface area (Å²) >= 11 is 1.61. The van der Waals surface area contributed by atoms with Gasteiger partial charge in [-0.15, -0.1) is 11.8 Å². The molecule has 1 heterocycles. The maximum absolute atomic E-state index is 12.2. The van der Waals surface area contributed by atoms with E-state index in [0.29, 0.717) is 19.5 Å². The number of urea groups is 1. The fourth-order valence-corrected chi connectivity index (χ4v) is 5.13. The predicted molar refractivity (Wildman–Crippen MR) is 96.4 cm³/mol. The van der Waals surface area contributed by atoms with Crippen LogP contribution in [0.25, 0.3) is 0 Å². The number of nitrogens with one attached hydrogen (secondary N) is 1. The van der Waals surface area contributed by atoms with E-state index in [9.17, 15) is 13.2 Å². The van der Waals surface area contributed by atoms with Gasteiger partial charge in [0.05, 0.1) is 18.6 Å². The van der Waals surface area contributed by atoms with Crippen molar-refractivity contribution in [3.63, 3.8) is 0 Å². The van der Waals surface area contributed by atoms with E-state index in [1.807, 2.05) is 24.5 Å². The minimum atomic E-state index is -2.91. The summed E-state index contributed by atoms with van der Waals surface area (Å²) in [5.41, 5.74) is 0.978. The molecule has 0 unspecified atom stereocenters. The third-order valence-electron chi connectivity index (χ3n) is 4.08. The first kappa shape index (κ1) is 18.9. The Labute approximate surface area is 147 Å². The zero-order valence-corrected chi connectivity index (χ0v) is 15.9. The fraction of sp³-hybridized carbons (Fsp3) is 0.562. The van der Waals surface area contributed by atoms with E-state index in [0.717, 1.165) is 16.2 Å². The number of ether oxygens (including phenoxy) is 1. The number of rotatable bonds is 6. The van der Waals surface area contributed by atoms with Gasteiger partial charge in [-0.05, 0) is 36.3 Å². The maximum Gasteiger partial charge on any atom is 0.317 e. The van der Waals surface area contributed by atoms with Gasteiger partial charge < -0.3 is 15.0 Å². The number of hydrogen-bond donors (Lipinski definition) is 1. The molecule has 0 saturated carbocycles. The highest BCUT2D eigenvalue weighted by Gasteiger charge is 2.28. The number of sulfone groups is 1. The van der Waals surface area contributed by atoms with Crippen molar-refractivity contribution >= 4 is 27.6 Å². The standard InChI is InChI=1S/C16H24N2O4S2/c1-18(10-12-4-5-15(23-3)14(8-12)22-2)16(19)17-9-13-6-7-24(20,21)11-13/h4-5,8,13H,6-7,9-11H2,1-3H3,(H,17,19)/t13-/m1/s1. The van der Waals surface area contributed by atoms with Gasteiger partial charge in [-0.1, -0.05) is 6.07 Å². The van der Waals surface area contributed by atoms with Crippen LogP contribution in [0.2, 0.25) is 0 Å². The summed E-state index contributed by atoms with van der Waals surface area (Å²) in [7, 11) is 0.441. The number of amides is 2. The highest BCUT2D eigenvalue weighted by atomic mass is 32.2. The van der Waals surface area contributed by atoms with E-state index in [-0.39, 0.29) is 23.5 Å². The van der Waals surface area contributed by atoms with E-state index in [1.165, 1.54) is 0 Å². The molecule has 1 aromatic rings. The van der Waals surface area contributed by atoms with Gasteiger partial charge in [-0.2, -0.15) is 0 Å². The lowest BCUT2D eigenvalue weighted by Crippen LogP contribution is -2.39. The zero-order valence-electron chi connectivity index (χ0n) is 14.2. The van der Waals surface area contributed by atoms with Gasteiger partial charge >= 0.3 is 6.03 Å². The largest absolute Gasteiger partial charge is 0.496 e. The van der Waals surface area contributed by atoms with E-state index in [1.54, 1.807) is 30.8 Å². The molecule has 1 fully saturated rings. The predicted octanol–water partition coefficient (Wildman–Crippen LogP) is 1.99. The van der Waals surface area contributed by atoms with E-state index in [2.05, 4.69) is 5.32 Å². The molecular formula is C16H24N2O4S2. The molecule has 0 bridgehead atoms. The van der Waals surface area contributed by atoms with Crippen LogP contribution in [0.3, 0.4) is 0 Å². The summed E-state index contributed by atoms with van der Waals surface area (Å²) in [6, 6.07) is 5.68. The summed E-state index contributed by atoms with van der Waals surface area (Å²) in [4.78, 5) is 14.8. The quantitative estimate of drug-likeness (QED) is 0.773. The van der Waals surface area contributed by atoms with Crippen LogP contribution >= 0.6 is 11.8 Å². The van der Waals surface area contributed by atoms with Crippen LogP contribution in [0.4, 0.5) is 4.79 Å².